The number of nitrogens with zero attached hydrogens (tertiary/aromatic N) is 1. The summed E-state index contributed by atoms with van der Waals surface area (Å²) in [5, 5.41) is 2.95. The van der Waals surface area contributed by atoms with Gasteiger partial charge in [-0.15, -0.1) is 0 Å². The van der Waals surface area contributed by atoms with Gasteiger partial charge in [0.25, 0.3) is 0 Å². The van der Waals surface area contributed by atoms with E-state index in [2.05, 4.69) is 0 Å². The van der Waals surface area contributed by atoms with Gasteiger partial charge in [0.15, 0.2) is 5.43 Å². The van der Waals surface area contributed by atoms with Crippen LogP contribution in [-0.2, 0) is 4.74 Å². The van der Waals surface area contributed by atoms with Crippen LogP contribution >= 0.6 is 0 Å². The first kappa shape index (κ1) is 19.8. The first-order valence-corrected chi connectivity index (χ1v) is 10.3. The molecule has 0 bridgehead atoms. The number of benzene rings is 4. The van der Waals surface area contributed by atoms with Crippen LogP contribution in [0.25, 0.3) is 43.8 Å². The lowest BCUT2D eigenvalue weighted by molar-refractivity contribution is 0.0601. The van der Waals surface area contributed by atoms with E-state index in [-0.39, 0.29) is 5.43 Å². The number of carbonyl (C=O) groups is 1. The normalized spacial score (nSPS) is 11.2. The van der Waals surface area contributed by atoms with Gasteiger partial charge < -0.3 is 14.1 Å². The third-order valence-corrected chi connectivity index (χ3v) is 5.79. The minimum atomic E-state index is -0.419. The molecule has 0 aliphatic rings. The molecule has 0 atom stereocenters. The fourth-order valence-corrected chi connectivity index (χ4v) is 4.23. The van der Waals surface area contributed by atoms with Gasteiger partial charge in [0.1, 0.15) is 11.2 Å². The number of hydrogen-bond acceptors (Lipinski definition) is 5. The molecule has 5 aromatic rings. The predicted molar refractivity (Wildman–Crippen MR) is 129 cm³/mol. The Bertz CT molecular complexity index is 1580. The lowest BCUT2D eigenvalue weighted by Gasteiger charge is -2.17. The summed E-state index contributed by atoms with van der Waals surface area (Å²) in [6, 6.07) is 22.3. The first-order chi connectivity index (χ1) is 15.5. The van der Waals surface area contributed by atoms with Crippen molar-refractivity contribution in [1.29, 1.82) is 0 Å². The zero-order valence-electron chi connectivity index (χ0n) is 18.0. The Morgan fingerprint density at radius 3 is 2.47 bits per heavy atom. The molecule has 0 aliphatic carbocycles. The summed E-state index contributed by atoms with van der Waals surface area (Å²) < 4.78 is 11.4. The molecule has 5 rings (SSSR count). The van der Waals surface area contributed by atoms with Crippen LogP contribution in [-0.4, -0.2) is 27.2 Å². The van der Waals surface area contributed by atoms with Gasteiger partial charge in [0.2, 0.25) is 0 Å². The van der Waals surface area contributed by atoms with Crippen molar-refractivity contribution in [3.63, 3.8) is 0 Å². The predicted octanol–water partition coefficient (Wildman–Crippen LogP) is 5.62. The van der Waals surface area contributed by atoms with Crippen molar-refractivity contribution in [2.24, 2.45) is 0 Å². The van der Waals surface area contributed by atoms with Gasteiger partial charge in [-0.2, -0.15) is 0 Å². The summed E-state index contributed by atoms with van der Waals surface area (Å²) in [6.45, 7) is 0. The highest BCUT2D eigenvalue weighted by Gasteiger charge is 2.20. The van der Waals surface area contributed by atoms with Gasteiger partial charge in [-0.1, -0.05) is 36.4 Å². The molecule has 32 heavy (non-hydrogen) atoms. The number of fused-ring (bicyclic) bond motifs is 4. The van der Waals surface area contributed by atoms with Crippen molar-refractivity contribution in [2.45, 2.75) is 0 Å². The summed E-state index contributed by atoms with van der Waals surface area (Å²) in [5.74, 6) is -0.419. The van der Waals surface area contributed by atoms with Crippen LogP contribution in [0, 0.1) is 0 Å². The largest absolute Gasteiger partial charge is 0.465 e. The molecule has 0 aliphatic heterocycles. The Hall–Kier alpha value is -4.12. The van der Waals surface area contributed by atoms with Crippen molar-refractivity contribution in [3.8, 4) is 11.1 Å². The smallest absolute Gasteiger partial charge is 0.338 e. The Morgan fingerprint density at radius 1 is 0.906 bits per heavy atom. The maximum absolute atomic E-state index is 12.8. The minimum absolute atomic E-state index is 0.104. The van der Waals surface area contributed by atoms with Crippen LogP contribution in [0.5, 0.6) is 0 Å². The van der Waals surface area contributed by atoms with Gasteiger partial charge in [0.05, 0.1) is 18.1 Å². The van der Waals surface area contributed by atoms with Crippen LogP contribution in [0.3, 0.4) is 0 Å². The lowest BCUT2D eigenvalue weighted by atomic mass is 9.92. The summed E-state index contributed by atoms with van der Waals surface area (Å²) in [6.07, 6.45) is 0. The van der Waals surface area contributed by atoms with Crippen LogP contribution in [0.1, 0.15) is 10.4 Å². The summed E-state index contributed by atoms with van der Waals surface area (Å²) in [4.78, 5) is 27.4. The number of hydrogen-bond donors (Lipinski definition) is 0. The molecule has 0 fully saturated rings. The minimum Gasteiger partial charge on any atom is -0.465 e. The molecule has 0 amide bonds. The second kappa shape index (κ2) is 7.54. The van der Waals surface area contributed by atoms with Crippen LogP contribution < -0.4 is 10.3 Å². The molecular formula is C27H21NO4. The number of rotatable bonds is 3. The molecule has 5 nitrogen and oxygen atoms in total. The zero-order valence-corrected chi connectivity index (χ0v) is 18.0. The van der Waals surface area contributed by atoms with E-state index in [9.17, 15) is 9.59 Å². The molecule has 0 saturated carbocycles. The van der Waals surface area contributed by atoms with Crippen molar-refractivity contribution < 1.29 is 13.9 Å². The van der Waals surface area contributed by atoms with E-state index >= 15 is 0 Å². The highest BCUT2D eigenvalue weighted by Crippen LogP contribution is 2.40. The third kappa shape index (κ3) is 3.02. The van der Waals surface area contributed by atoms with Crippen molar-refractivity contribution in [3.05, 3.63) is 88.6 Å². The van der Waals surface area contributed by atoms with Crippen LogP contribution in [0.4, 0.5) is 5.69 Å². The number of esters is 1. The molecule has 0 radical (unpaired) electrons. The molecule has 158 valence electrons. The fraction of sp³-hybridized carbons (Fsp3) is 0.111. The lowest BCUT2D eigenvalue weighted by Crippen LogP contribution is -2.08. The highest BCUT2D eigenvalue weighted by atomic mass is 16.5. The van der Waals surface area contributed by atoms with Crippen LogP contribution in [0.15, 0.2) is 82.0 Å². The topological polar surface area (TPSA) is 59.8 Å². The van der Waals surface area contributed by atoms with Gasteiger partial charge >= 0.3 is 5.97 Å². The molecule has 5 heteroatoms. The van der Waals surface area contributed by atoms with Crippen molar-refractivity contribution in [2.75, 3.05) is 26.1 Å². The fourth-order valence-electron chi connectivity index (χ4n) is 4.23. The Morgan fingerprint density at radius 2 is 1.69 bits per heavy atom. The van der Waals surface area contributed by atoms with E-state index in [1.807, 2.05) is 73.6 Å². The van der Waals surface area contributed by atoms with Gasteiger partial charge in [0, 0.05) is 42.2 Å². The quantitative estimate of drug-likeness (QED) is 0.214. The number of carbonyl (C=O) groups excluding carboxylic acids is 1. The third-order valence-electron chi connectivity index (χ3n) is 5.79. The molecule has 0 spiro atoms. The Balaban J connectivity index is 2.02. The van der Waals surface area contributed by atoms with E-state index in [1.54, 1.807) is 18.2 Å². The molecule has 0 N–H and O–H groups in total. The first-order valence-electron chi connectivity index (χ1n) is 10.3. The standard InChI is InChI=1S/C27H21NO4/c1-28(2)17-12-14-20-23(15-17)32-26-21(13-11-16-7-6-10-22(29)24(16)26)25(20)18-8-4-5-9-19(18)27(30)31-3/h4-15H,1-3H3. The SMILES string of the molecule is COC(=O)c1ccccc1-c1c2ccc(N(C)C)cc2oc2c1ccc1cccc(=O)c12. The maximum atomic E-state index is 12.8. The van der Waals surface area contributed by atoms with E-state index in [0.717, 1.165) is 33.0 Å². The van der Waals surface area contributed by atoms with E-state index in [1.165, 1.54) is 7.11 Å². The van der Waals surface area contributed by atoms with Gasteiger partial charge in [-0.25, -0.2) is 4.79 Å². The summed E-state index contributed by atoms with van der Waals surface area (Å²) in [5.41, 5.74) is 4.02. The molecule has 4 aromatic carbocycles. The van der Waals surface area contributed by atoms with E-state index in [0.29, 0.717) is 22.1 Å². The van der Waals surface area contributed by atoms with E-state index < -0.39 is 5.97 Å². The second-order valence-corrected chi connectivity index (χ2v) is 7.89. The molecule has 1 heterocycles. The van der Waals surface area contributed by atoms with E-state index in [4.69, 9.17) is 9.15 Å². The number of ether oxygens (including phenoxy) is 1. The second-order valence-electron chi connectivity index (χ2n) is 7.89. The summed E-state index contributed by atoms with van der Waals surface area (Å²) in [7, 11) is 5.29. The summed E-state index contributed by atoms with van der Waals surface area (Å²) >= 11 is 0. The van der Waals surface area contributed by atoms with Gasteiger partial charge in [-0.05, 0) is 41.3 Å². The monoisotopic (exact) mass is 423 g/mol. The average molecular weight is 423 g/mol. The number of methoxy groups -OCH3 is 1. The van der Waals surface area contributed by atoms with Crippen LogP contribution in [0.2, 0.25) is 0 Å². The maximum Gasteiger partial charge on any atom is 0.338 e. The Labute approximate surface area is 184 Å². The van der Waals surface area contributed by atoms with Gasteiger partial charge in [-0.3, -0.25) is 4.79 Å². The molecule has 0 unspecified atom stereocenters. The molecule has 1 aromatic heterocycles. The average Bonchev–Trinajstić information content (AvgIpc) is 2.81. The Kier molecular flexibility index (Phi) is 4.67. The number of anilines is 1. The highest BCUT2D eigenvalue weighted by molar-refractivity contribution is 6.17. The van der Waals surface area contributed by atoms with Crippen molar-refractivity contribution in [1.82, 2.24) is 0 Å². The zero-order chi connectivity index (χ0) is 22.4. The molecule has 0 saturated heterocycles. The molecular weight excluding hydrogens is 402 g/mol. The van der Waals surface area contributed by atoms with Crippen molar-refractivity contribution >= 4 is 44.4 Å².